The fourth-order valence-corrected chi connectivity index (χ4v) is 2.70. The number of carbonyl (C=O) groups excluding carboxylic acids is 1. The van der Waals surface area contributed by atoms with Crippen LogP contribution in [-0.4, -0.2) is 41.0 Å². The maximum Gasteiger partial charge on any atom is 0.305 e. The van der Waals surface area contributed by atoms with Gasteiger partial charge in [0.15, 0.2) is 17.2 Å². The summed E-state index contributed by atoms with van der Waals surface area (Å²) in [6.45, 7) is 1.73. The normalized spacial score (nSPS) is 11.7. The first kappa shape index (κ1) is 19.6. The van der Waals surface area contributed by atoms with Gasteiger partial charge in [0.05, 0.1) is 37.4 Å². The number of benzene rings is 1. The van der Waals surface area contributed by atoms with Crippen LogP contribution in [0.5, 0.6) is 11.5 Å². The van der Waals surface area contributed by atoms with E-state index >= 15 is 0 Å². The van der Waals surface area contributed by atoms with E-state index in [0.29, 0.717) is 22.8 Å². The second-order valence-corrected chi connectivity index (χ2v) is 5.99. The summed E-state index contributed by atoms with van der Waals surface area (Å²) < 4.78 is 11.9. The quantitative estimate of drug-likeness (QED) is 0.763. The molecule has 1 aromatic heterocycles. The zero-order valence-corrected chi connectivity index (χ0v) is 15.6. The number of carboxylic acids is 1. The molecule has 1 atom stereocenters. The van der Waals surface area contributed by atoms with Crippen LogP contribution >= 0.6 is 11.6 Å². The second-order valence-electron chi connectivity index (χ2n) is 5.61. The predicted molar refractivity (Wildman–Crippen MR) is 95.0 cm³/mol. The molecule has 0 aliphatic carbocycles. The molecule has 0 saturated heterocycles. The van der Waals surface area contributed by atoms with Crippen molar-refractivity contribution in [2.75, 3.05) is 14.2 Å². The number of hydrogen-bond donors (Lipinski definition) is 2. The minimum atomic E-state index is -1.06. The van der Waals surface area contributed by atoms with Gasteiger partial charge in [-0.25, -0.2) is 0 Å². The monoisotopic (exact) mass is 381 g/mol. The number of ether oxygens (including phenoxy) is 2. The molecule has 0 radical (unpaired) electrons. The van der Waals surface area contributed by atoms with Gasteiger partial charge >= 0.3 is 5.97 Å². The van der Waals surface area contributed by atoms with Crippen molar-refractivity contribution in [3.8, 4) is 11.5 Å². The van der Waals surface area contributed by atoms with Crippen LogP contribution in [0, 0.1) is 6.92 Å². The van der Waals surface area contributed by atoms with E-state index in [9.17, 15) is 14.7 Å². The van der Waals surface area contributed by atoms with Crippen LogP contribution < -0.4 is 14.8 Å². The van der Waals surface area contributed by atoms with E-state index < -0.39 is 17.9 Å². The Bertz CT molecular complexity index is 834. The molecule has 2 rings (SSSR count). The zero-order valence-electron chi connectivity index (χ0n) is 14.9. The van der Waals surface area contributed by atoms with Crippen molar-refractivity contribution < 1.29 is 24.2 Å². The summed E-state index contributed by atoms with van der Waals surface area (Å²) in [5.74, 6) is -0.686. The number of rotatable bonds is 7. The first-order chi connectivity index (χ1) is 12.3. The number of amides is 1. The number of carbonyl (C=O) groups is 2. The van der Waals surface area contributed by atoms with Crippen molar-refractivity contribution in [2.24, 2.45) is 7.05 Å². The molecule has 0 saturated carbocycles. The number of carboxylic acid groups (broad SMARTS) is 1. The van der Waals surface area contributed by atoms with Crippen molar-refractivity contribution in [3.63, 3.8) is 0 Å². The van der Waals surface area contributed by atoms with Gasteiger partial charge in [0.1, 0.15) is 0 Å². The third-order valence-corrected chi connectivity index (χ3v) is 4.42. The van der Waals surface area contributed by atoms with Gasteiger partial charge in [0, 0.05) is 7.05 Å². The SMILES string of the molecule is COc1ccc(C(CC(=O)O)NC(=O)c2nn(C)c(C)c2Cl)cc1OC. The van der Waals surface area contributed by atoms with Crippen molar-refractivity contribution in [3.05, 3.63) is 40.2 Å². The van der Waals surface area contributed by atoms with Gasteiger partial charge in [-0.05, 0) is 24.6 Å². The van der Waals surface area contributed by atoms with Gasteiger partial charge in [0.25, 0.3) is 5.91 Å². The van der Waals surface area contributed by atoms with Gasteiger partial charge in [-0.3, -0.25) is 14.3 Å². The van der Waals surface area contributed by atoms with Crippen LogP contribution in [0.25, 0.3) is 0 Å². The molecule has 8 nitrogen and oxygen atoms in total. The number of aryl methyl sites for hydroxylation is 1. The summed E-state index contributed by atoms with van der Waals surface area (Å²) in [5.41, 5.74) is 1.24. The van der Waals surface area contributed by atoms with Crippen LogP contribution in [0.4, 0.5) is 0 Å². The van der Waals surface area contributed by atoms with E-state index in [-0.39, 0.29) is 17.1 Å². The summed E-state index contributed by atoms with van der Waals surface area (Å²) in [6.07, 6.45) is -0.315. The first-order valence-corrected chi connectivity index (χ1v) is 8.10. The topological polar surface area (TPSA) is 103 Å². The maximum absolute atomic E-state index is 12.6. The lowest BCUT2D eigenvalue weighted by Gasteiger charge is -2.18. The molecule has 1 amide bonds. The van der Waals surface area contributed by atoms with Gasteiger partial charge in [-0.2, -0.15) is 5.10 Å². The Morgan fingerprint density at radius 2 is 1.96 bits per heavy atom. The van der Waals surface area contributed by atoms with Gasteiger partial charge in [-0.15, -0.1) is 0 Å². The van der Waals surface area contributed by atoms with Crippen molar-refractivity contribution in [1.82, 2.24) is 15.1 Å². The Balaban J connectivity index is 2.34. The molecule has 1 unspecified atom stereocenters. The summed E-state index contributed by atoms with van der Waals surface area (Å²) in [4.78, 5) is 23.8. The highest BCUT2D eigenvalue weighted by Gasteiger charge is 2.24. The molecule has 2 N–H and O–H groups in total. The average Bonchev–Trinajstić information content (AvgIpc) is 2.87. The minimum absolute atomic E-state index is 0.0440. The van der Waals surface area contributed by atoms with Crippen molar-refractivity contribution in [2.45, 2.75) is 19.4 Å². The van der Waals surface area contributed by atoms with E-state index in [2.05, 4.69) is 10.4 Å². The summed E-state index contributed by atoms with van der Waals surface area (Å²) in [5, 5.41) is 16.2. The lowest BCUT2D eigenvalue weighted by molar-refractivity contribution is -0.137. The van der Waals surface area contributed by atoms with E-state index in [4.69, 9.17) is 21.1 Å². The zero-order chi connectivity index (χ0) is 19.4. The highest BCUT2D eigenvalue weighted by Crippen LogP contribution is 2.31. The molecule has 140 valence electrons. The summed E-state index contributed by atoms with van der Waals surface area (Å²) in [7, 11) is 4.64. The molecule has 0 fully saturated rings. The van der Waals surface area contributed by atoms with Gasteiger partial charge in [-0.1, -0.05) is 17.7 Å². The van der Waals surface area contributed by atoms with E-state index in [0.717, 1.165) is 0 Å². The first-order valence-electron chi connectivity index (χ1n) is 7.72. The Labute approximate surface area is 155 Å². The number of aliphatic carboxylic acids is 1. The minimum Gasteiger partial charge on any atom is -0.493 e. The molecule has 26 heavy (non-hydrogen) atoms. The Kier molecular flexibility index (Phi) is 6.10. The molecule has 1 heterocycles. The molecular formula is C17H20ClN3O5. The number of nitrogens with zero attached hydrogens (tertiary/aromatic N) is 2. The van der Waals surface area contributed by atoms with Crippen LogP contribution in [0.15, 0.2) is 18.2 Å². The molecule has 2 aromatic rings. The van der Waals surface area contributed by atoms with E-state index in [1.165, 1.54) is 18.9 Å². The van der Waals surface area contributed by atoms with E-state index in [1.54, 1.807) is 32.2 Å². The molecule has 0 spiro atoms. The van der Waals surface area contributed by atoms with Crippen molar-refractivity contribution in [1.29, 1.82) is 0 Å². The molecule has 1 aromatic carbocycles. The average molecular weight is 382 g/mol. The largest absolute Gasteiger partial charge is 0.493 e. The standard InChI is InChI=1S/C17H20ClN3O5/c1-9-15(18)16(20-21(9)2)17(24)19-11(8-14(22)23)10-5-6-12(25-3)13(7-10)26-4/h5-7,11H,8H2,1-4H3,(H,19,24)(H,22,23). The lowest BCUT2D eigenvalue weighted by Crippen LogP contribution is -2.30. The van der Waals surface area contributed by atoms with Crippen LogP contribution in [0.1, 0.15) is 34.2 Å². The van der Waals surface area contributed by atoms with Crippen molar-refractivity contribution >= 4 is 23.5 Å². The summed E-state index contributed by atoms with van der Waals surface area (Å²) >= 11 is 6.13. The fraction of sp³-hybridized carbons (Fsp3) is 0.353. The fourth-order valence-electron chi connectivity index (χ4n) is 2.45. The molecule has 0 aliphatic rings. The molecule has 9 heteroatoms. The number of halogens is 1. The molecule has 0 aliphatic heterocycles. The Hall–Kier alpha value is -2.74. The Morgan fingerprint density at radius 1 is 1.31 bits per heavy atom. The second kappa shape index (κ2) is 8.09. The number of hydrogen-bond acceptors (Lipinski definition) is 5. The van der Waals surface area contributed by atoms with Crippen LogP contribution in [0.2, 0.25) is 5.02 Å². The predicted octanol–water partition coefficient (Wildman–Crippen LogP) is 2.34. The van der Waals surface area contributed by atoms with Crippen LogP contribution in [0.3, 0.4) is 0 Å². The maximum atomic E-state index is 12.6. The van der Waals surface area contributed by atoms with Gasteiger partial charge < -0.3 is 19.9 Å². The van der Waals surface area contributed by atoms with Crippen LogP contribution in [-0.2, 0) is 11.8 Å². The van der Waals surface area contributed by atoms with Gasteiger partial charge in [0.2, 0.25) is 0 Å². The third-order valence-electron chi connectivity index (χ3n) is 3.97. The smallest absolute Gasteiger partial charge is 0.305 e. The number of aromatic nitrogens is 2. The van der Waals surface area contributed by atoms with E-state index in [1.807, 2.05) is 0 Å². The molecular weight excluding hydrogens is 362 g/mol. The molecule has 0 bridgehead atoms. The third kappa shape index (κ3) is 4.08. The number of nitrogens with one attached hydrogen (secondary N) is 1. The lowest BCUT2D eigenvalue weighted by atomic mass is 10.0. The Morgan fingerprint density at radius 3 is 2.46 bits per heavy atom. The summed E-state index contributed by atoms with van der Waals surface area (Å²) in [6, 6.07) is 4.14. The highest BCUT2D eigenvalue weighted by molar-refractivity contribution is 6.34. The number of methoxy groups -OCH3 is 2. The highest BCUT2D eigenvalue weighted by atomic mass is 35.5.